The van der Waals surface area contributed by atoms with E-state index in [0.29, 0.717) is 11.5 Å². The number of carbonyl (C=O) groups excluding carboxylic acids is 1. The number of carbonyl (C=O) groups is 1. The van der Waals surface area contributed by atoms with Gasteiger partial charge in [0.15, 0.2) is 0 Å². The molecule has 0 aliphatic carbocycles. The number of benzene rings is 1. The van der Waals surface area contributed by atoms with Crippen molar-refractivity contribution in [1.82, 2.24) is 4.98 Å². The lowest BCUT2D eigenvalue weighted by molar-refractivity contribution is -0.385. The Morgan fingerprint density at radius 1 is 1.23 bits per heavy atom. The van der Waals surface area contributed by atoms with Gasteiger partial charge in [-0.1, -0.05) is 0 Å². The van der Waals surface area contributed by atoms with Crippen LogP contribution < -0.4 is 10.6 Å². The van der Waals surface area contributed by atoms with Crippen molar-refractivity contribution in [2.24, 2.45) is 0 Å². The van der Waals surface area contributed by atoms with Gasteiger partial charge in [-0.3, -0.25) is 14.9 Å². The van der Waals surface area contributed by atoms with E-state index < -0.39 is 4.92 Å². The number of hydrogen-bond acceptors (Lipinski definition) is 6. The Morgan fingerprint density at radius 2 is 1.91 bits per heavy atom. The van der Waals surface area contributed by atoms with E-state index in [0.717, 1.165) is 5.69 Å². The Labute approximate surface area is 126 Å². The molecule has 8 nitrogen and oxygen atoms in total. The third kappa shape index (κ3) is 4.25. The maximum atomic E-state index is 11.4. The summed E-state index contributed by atoms with van der Waals surface area (Å²) in [5.74, 6) is 0.252. The first kappa shape index (κ1) is 15.4. The summed E-state index contributed by atoms with van der Waals surface area (Å²) in [5.41, 5.74) is 1.32. The first-order chi connectivity index (χ1) is 10.6. The van der Waals surface area contributed by atoms with Crippen LogP contribution in [0.1, 0.15) is 0 Å². The highest BCUT2D eigenvalue weighted by molar-refractivity contribution is 5.91. The molecule has 0 radical (unpaired) electrons. The fraction of sp³-hybridized carbons (Fsp3) is 0.143. The van der Waals surface area contributed by atoms with Gasteiger partial charge in [0.05, 0.1) is 4.92 Å². The summed E-state index contributed by atoms with van der Waals surface area (Å²) in [6.45, 7) is -0.00723. The van der Waals surface area contributed by atoms with E-state index in [1.165, 1.54) is 25.4 Å². The lowest BCUT2D eigenvalue weighted by Crippen LogP contribution is -2.16. The van der Waals surface area contributed by atoms with Crippen LogP contribution in [-0.4, -0.2) is 29.5 Å². The molecule has 0 aliphatic rings. The van der Waals surface area contributed by atoms with Crippen molar-refractivity contribution in [1.29, 1.82) is 0 Å². The first-order valence-electron chi connectivity index (χ1n) is 6.35. The smallest absolute Gasteiger partial charge is 0.287 e. The highest BCUT2D eigenvalue weighted by Crippen LogP contribution is 2.19. The summed E-state index contributed by atoms with van der Waals surface area (Å²) < 4.78 is 4.72. The normalized spacial score (nSPS) is 10.0. The van der Waals surface area contributed by atoms with Crippen molar-refractivity contribution < 1.29 is 14.5 Å². The van der Waals surface area contributed by atoms with Crippen molar-refractivity contribution in [3.05, 3.63) is 52.7 Å². The van der Waals surface area contributed by atoms with Crippen LogP contribution in [0.3, 0.4) is 0 Å². The molecule has 0 spiro atoms. The van der Waals surface area contributed by atoms with Crippen molar-refractivity contribution in [2.45, 2.75) is 0 Å². The molecule has 1 aromatic heterocycles. The van der Waals surface area contributed by atoms with Gasteiger partial charge in [0.1, 0.15) is 18.6 Å². The molecule has 0 saturated heterocycles. The topological polar surface area (TPSA) is 106 Å². The Bertz CT molecular complexity index is 656. The summed E-state index contributed by atoms with van der Waals surface area (Å²) in [7, 11) is 1.45. The number of aromatic nitrogens is 1. The summed E-state index contributed by atoms with van der Waals surface area (Å²) in [5, 5.41) is 16.2. The molecule has 114 valence electrons. The molecule has 1 aromatic carbocycles. The molecule has 0 bridgehead atoms. The van der Waals surface area contributed by atoms with E-state index >= 15 is 0 Å². The van der Waals surface area contributed by atoms with Gasteiger partial charge in [0, 0.05) is 24.6 Å². The maximum absolute atomic E-state index is 11.4. The number of hydrogen-bond donors (Lipinski definition) is 2. The average molecular weight is 302 g/mol. The Balaban J connectivity index is 1.98. The van der Waals surface area contributed by atoms with Crippen LogP contribution >= 0.6 is 0 Å². The lowest BCUT2D eigenvalue weighted by atomic mass is 10.2. The number of amides is 1. The summed E-state index contributed by atoms with van der Waals surface area (Å²) >= 11 is 0. The van der Waals surface area contributed by atoms with Crippen LogP contribution in [0.25, 0.3) is 0 Å². The minimum Gasteiger partial charge on any atom is -0.375 e. The molecule has 1 amide bonds. The van der Waals surface area contributed by atoms with Gasteiger partial charge >= 0.3 is 0 Å². The zero-order chi connectivity index (χ0) is 15.9. The second kappa shape index (κ2) is 7.14. The largest absolute Gasteiger partial charge is 0.375 e. The van der Waals surface area contributed by atoms with Crippen LogP contribution in [0.2, 0.25) is 0 Å². The molecule has 2 rings (SSSR count). The third-order valence-electron chi connectivity index (χ3n) is 2.68. The van der Waals surface area contributed by atoms with Crippen LogP contribution in [0.15, 0.2) is 42.6 Å². The van der Waals surface area contributed by atoms with Crippen LogP contribution in [0.4, 0.5) is 22.9 Å². The average Bonchev–Trinajstić information content (AvgIpc) is 2.50. The monoisotopic (exact) mass is 302 g/mol. The molecular formula is C14H14N4O4. The number of anilines is 3. The molecule has 2 N–H and O–H groups in total. The molecule has 0 unspecified atom stereocenters. The third-order valence-corrected chi connectivity index (χ3v) is 2.68. The van der Waals surface area contributed by atoms with Gasteiger partial charge < -0.3 is 15.4 Å². The highest BCUT2D eigenvalue weighted by Gasteiger charge is 2.05. The molecule has 0 fully saturated rings. The molecule has 0 aliphatic heterocycles. The first-order valence-corrected chi connectivity index (χ1v) is 6.35. The zero-order valence-electron chi connectivity index (χ0n) is 11.8. The minimum absolute atomic E-state index is 0.00723. The van der Waals surface area contributed by atoms with Crippen LogP contribution in [0, 0.1) is 10.1 Å². The Hall–Kier alpha value is -3.00. The van der Waals surface area contributed by atoms with E-state index in [2.05, 4.69) is 15.6 Å². The van der Waals surface area contributed by atoms with E-state index in [9.17, 15) is 14.9 Å². The van der Waals surface area contributed by atoms with Crippen molar-refractivity contribution in [3.63, 3.8) is 0 Å². The van der Waals surface area contributed by atoms with E-state index in [1.807, 2.05) is 0 Å². The highest BCUT2D eigenvalue weighted by atomic mass is 16.6. The Kier molecular flexibility index (Phi) is 4.99. The predicted octanol–water partition coefficient (Wildman–Crippen LogP) is 2.32. The Morgan fingerprint density at radius 3 is 2.45 bits per heavy atom. The fourth-order valence-corrected chi connectivity index (χ4v) is 1.68. The van der Waals surface area contributed by atoms with Crippen LogP contribution in [0.5, 0.6) is 0 Å². The molecule has 0 saturated carbocycles. The zero-order valence-corrected chi connectivity index (χ0v) is 11.8. The number of ether oxygens (including phenoxy) is 1. The van der Waals surface area contributed by atoms with Gasteiger partial charge in [-0.25, -0.2) is 4.98 Å². The second-order valence-electron chi connectivity index (χ2n) is 4.34. The van der Waals surface area contributed by atoms with Crippen molar-refractivity contribution in [2.75, 3.05) is 24.4 Å². The molecular weight excluding hydrogens is 288 g/mol. The van der Waals surface area contributed by atoms with Crippen molar-refractivity contribution in [3.8, 4) is 0 Å². The fourth-order valence-electron chi connectivity index (χ4n) is 1.68. The molecule has 1 heterocycles. The molecule has 0 atom stereocenters. The van der Waals surface area contributed by atoms with Gasteiger partial charge in [-0.2, -0.15) is 0 Å². The van der Waals surface area contributed by atoms with E-state index in [1.54, 1.807) is 24.3 Å². The SMILES string of the molecule is COCC(=O)Nc1ccc(Nc2ccc([N+](=O)[O-])cn2)cc1. The molecule has 22 heavy (non-hydrogen) atoms. The van der Waals surface area contributed by atoms with Gasteiger partial charge in [0.2, 0.25) is 5.91 Å². The number of nitrogens with one attached hydrogen (secondary N) is 2. The predicted molar refractivity (Wildman–Crippen MR) is 81.1 cm³/mol. The standard InChI is InChI=1S/C14H14N4O4/c1-22-9-14(19)17-11-4-2-10(3-5-11)16-13-7-6-12(8-15-13)18(20)21/h2-8H,9H2,1H3,(H,15,16)(H,17,19). The number of nitro groups is 1. The number of nitrogens with zero attached hydrogens (tertiary/aromatic N) is 2. The van der Waals surface area contributed by atoms with E-state index in [4.69, 9.17) is 4.74 Å². The van der Waals surface area contributed by atoms with Gasteiger partial charge in [-0.05, 0) is 30.3 Å². The van der Waals surface area contributed by atoms with Gasteiger partial charge in [-0.15, -0.1) is 0 Å². The van der Waals surface area contributed by atoms with Crippen LogP contribution in [-0.2, 0) is 9.53 Å². The minimum atomic E-state index is -0.506. The quantitative estimate of drug-likeness (QED) is 0.626. The van der Waals surface area contributed by atoms with Gasteiger partial charge in [0.25, 0.3) is 5.69 Å². The summed E-state index contributed by atoms with van der Waals surface area (Å²) in [4.78, 5) is 25.3. The molecule has 8 heteroatoms. The maximum Gasteiger partial charge on any atom is 0.287 e. The number of methoxy groups -OCH3 is 1. The number of rotatable bonds is 6. The summed E-state index contributed by atoms with van der Waals surface area (Å²) in [6.07, 6.45) is 1.18. The molecule has 2 aromatic rings. The van der Waals surface area contributed by atoms with E-state index in [-0.39, 0.29) is 18.2 Å². The summed E-state index contributed by atoms with van der Waals surface area (Å²) in [6, 6.07) is 9.85. The van der Waals surface area contributed by atoms with Crippen molar-refractivity contribution >= 4 is 28.8 Å². The number of pyridine rings is 1. The lowest BCUT2D eigenvalue weighted by Gasteiger charge is -2.07. The second-order valence-corrected chi connectivity index (χ2v) is 4.34.